The first-order chi connectivity index (χ1) is 7.63. The van der Waals surface area contributed by atoms with E-state index in [1.165, 1.54) is 25.9 Å². The van der Waals surface area contributed by atoms with Gasteiger partial charge in [0.15, 0.2) is 0 Å². The molecular weight excluding hydrogens is 202 g/mol. The molecular formula is C13H25NO2. The molecule has 0 aromatic carbocycles. The Hall–Kier alpha value is -0.570. The van der Waals surface area contributed by atoms with E-state index in [-0.39, 0.29) is 5.97 Å². The van der Waals surface area contributed by atoms with E-state index in [0.717, 1.165) is 12.3 Å². The number of hydrogen-bond acceptors (Lipinski definition) is 3. The van der Waals surface area contributed by atoms with Crippen LogP contribution in [-0.4, -0.2) is 36.6 Å². The fraction of sp³-hybridized carbons (Fsp3) is 0.923. The number of hydrogen-bond donors (Lipinski definition) is 0. The number of carbonyl (C=O) groups is 1. The van der Waals surface area contributed by atoms with Crippen LogP contribution >= 0.6 is 0 Å². The molecule has 1 heterocycles. The minimum Gasteiger partial charge on any atom is -0.466 e. The summed E-state index contributed by atoms with van der Waals surface area (Å²) in [6.07, 6.45) is 4.07. The standard InChI is InChI=1S/C13H25NO2/c1-4-16-13(15)6-5-12-7-9-14(10-8-12)11(2)3/h11-12H,4-10H2,1-3H3. The number of carbonyl (C=O) groups excluding carboxylic acids is 1. The first-order valence-electron chi connectivity index (χ1n) is 6.53. The topological polar surface area (TPSA) is 29.5 Å². The van der Waals surface area contributed by atoms with Crippen LogP contribution in [0.2, 0.25) is 0 Å². The molecule has 1 fully saturated rings. The molecule has 1 saturated heterocycles. The van der Waals surface area contributed by atoms with Crippen LogP contribution in [0.15, 0.2) is 0 Å². The van der Waals surface area contributed by atoms with Crippen molar-refractivity contribution in [3.63, 3.8) is 0 Å². The Bertz CT molecular complexity index is 208. The van der Waals surface area contributed by atoms with Gasteiger partial charge in [0, 0.05) is 12.5 Å². The van der Waals surface area contributed by atoms with Crippen molar-refractivity contribution in [2.24, 2.45) is 5.92 Å². The van der Waals surface area contributed by atoms with Crippen molar-refractivity contribution in [1.29, 1.82) is 0 Å². The van der Waals surface area contributed by atoms with Crippen LogP contribution in [0.4, 0.5) is 0 Å². The van der Waals surface area contributed by atoms with Crippen molar-refractivity contribution in [2.45, 2.75) is 52.5 Å². The van der Waals surface area contributed by atoms with Crippen LogP contribution in [0.1, 0.15) is 46.5 Å². The monoisotopic (exact) mass is 227 g/mol. The summed E-state index contributed by atoms with van der Waals surface area (Å²) in [7, 11) is 0. The molecule has 0 aromatic heterocycles. The van der Waals surface area contributed by atoms with Gasteiger partial charge in [0.1, 0.15) is 0 Å². The van der Waals surface area contributed by atoms with Crippen LogP contribution in [-0.2, 0) is 9.53 Å². The summed E-state index contributed by atoms with van der Waals surface area (Å²) in [5.41, 5.74) is 0. The molecule has 0 N–H and O–H groups in total. The normalized spacial score (nSPS) is 19.0. The maximum atomic E-state index is 11.2. The SMILES string of the molecule is CCOC(=O)CCC1CCN(C(C)C)CC1. The molecule has 1 rings (SSSR count). The number of esters is 1. The lowest BCUT2D eigenvalue weighted by Crippen LogP contribution is -2.38. The molecule has 3 heteroatoms. The van der Waals surface area contributed by atoms with Gasteiger partial charge in [-0.15, -0.1) is 0 Å². The molecule has 94 valence electrons. The highest BCUT2D eigenvalue weighted by Gasteiger charge is 2.21. The minimum absolute atomic E-state index is 0.0335. The second kappa shape index (κ2) is 6.89. The Morgan fingerprint density at radius 3 is 2.50 bits per heavy atom. The highest BCUT2D eigenvalue weighted by Crippen LogP contribution is 2.23. The fourth-order valence-electron chi connectivity index (χ4n) is 2.31. The van der Waals surface area contributed by atoms with Crippen LogP contribution < -0.4 is 0 Å². The average molecular weight is 227 g/mol. The Kier molecular flexibility index (Phi) is 5.81. The highest BCUT2D eigenvalue weighted by molar-refractivity contribution is 5.69. The van der Waals surface area contributed by atoms with Crippen molar-refractivity contribution in [1.82, 2.24) is 4.90 Å². The van der Waals surface area contributed by atoms with Crippen molar-refractivity contribution in [2.75, 3.05) is 19.7 Å². The molecule has 3 nitrogen and oxygen atoms in total. The average Bonchev–Trinajstić information content (AvgIpc) is 2.27. The summed E-state index contributed by atoms with van der Waals surface area (Å²) < 4.78 is 4.94. The van der Waals surface area contributed by atoms with E-state index in [0.29, 0.717) is 19.1 Å². The third kappa shape index (κ3) is 4.52. The van der Waals surface area contributed by atoms with Gasteiger partial charge in [-0.3, -0.25) is 4.79 Å². The quantitative estimate of drug-likeness (QED) is 0.676. The van der Waals surface area contributed by atoms with Crippen molar-refractivity contribution < 1.29 is 9.53 Å². The van der Waals surface area contributed by atoms with Crippen LogP contribution in [0, 0.1) is 5.92 Å². The highest BCUT2D eigenvalue weighted by atomic mass is 16.5. The summed E-state index contributed by atoms with van der Waals surface area (Å²) in [5.74, 6) is 0.688. The lowest BCUT2D eigenvalue weighted by molar-refractivity contribution is -0.143. The Morgan fingerprint density at radius 2 is 2.00 bits per heavy atom. The van der Waals surface area contributed by atoms with Gasteiger partial charge >= 0.3 is 5.97 Å². The number of rotatable bonds is 5. The summed E-state index contributed by atoms with van der Waals surface area (Å²) in [6, 6.07) is 0.658. The molecule has 0 unspecified atom stereocenters. The first-order valence-corrected chi connectivity index (χ1v) is 6.53. The first kappa shape index (κ1) is 13.5. The molecule has 0 amide bonds. The van der Waals surface area contributed by atoms with E-state index in [1.807, 2.05) is 6.92 Å². The maximum Gasteiger partial charge on any atom is 0.305 e. The Balaban J connectivity index is 2.15. The van der Waals surface area contributed by atoms with Gasteiger partial charge in [0.05, 0.1) is 6.61 Å². The molecule has 1 aliphatic heterocycles. The summed E-state index contributed by atoms with van der Waals surface area (Å²) in [6.45, 7) is 9.23. The second-order valence-electron chi connectivity index (χ2n) is 4.92. The zero-order chi connectivity index (χ0) is 12.0. The lowest BCUT2D eigenvalue weighted by atomic mass is 9.91. The van der Waals surface area contributed by atoms with E-state index in [2.05, 4.69) is 18.7 Å². The largest absolute Gasteiger partial charge is 0.466 e. The molecule has 0 aromatic rings. The summed E-state index contributed by atoms with van der Waals surface area (Å²) in [4.78, 5) is 13.7. The van der Waals surface area contributed by atoms with Crippen LogP contribution in [0.5, 0.6) is 0 Å². The van der Waals surface area contributed by atoms with Gasteiger partial charge in [-0.05, 0) is 59.0 Å². The number of likely N-dealkylation sites (tertiary alicyclic amines) is 1. The third-order valence-electron chi connectivity index (χ3n) is 3.44. The molecule has 0 spiro atoms. The third-order valence-corrected chi connectivity index (χ3v) is 3.44. The van der Waals surface area contributed by atoms with E-state index >= 15 is 0 Å². The van der Waals surface area contributed by atoms with E-state index < -0.39 is 0 Å². The second-order valence-corrected chi connectivity index (χ2v) is 4.92. The molecule has 0 bridgehead atoms. The Labute approximate surface area is 99.1 Å². The summed E-state index contributed by atoms with van der Waals surface area (Å²) >= 11 is 0. The van der Waals surface area contributed by atoms with Crippen LogP contribution in [0.25, 0.3) is 0 Å². The fourth-order valence-corrected chi connectivity index (χ4v) is 2.31. The number of ether oxygens (including phenoxy) is 1. The van der Waals surface area contributed by atoms with Crippen LogP contribution in [0.3, 0.4) is 0 Å². The van der Waals surface area contributed by atoms with Gasteiger partial charge in [0.2, 0.25) is 0 Å². The van der Waals surface area contributed by atoms with Gasteiger partial charge in [0.25, 0.3) is 0 Å². The van der Waals surface area contributed by atoms with E-state index in [4.69, 9.17) is 4.74 Å². The smallest absolute Gasteiger partial charge is 0.305 e. The zero-order valence-corrected chi connectivity index (χ0v) is 10.9. The minimum atomic E-state index is -0.0335. The number of piperidine rings is 1. The van der Waals surface area contributed by atoms with Gasteiger partial charge in [-0.2, -0.15) is 0 Å². The maximum absolute atomic E-state index is 11.2. The van der Waals surface area contributed by atoms with Crippen molar-refractivity contribution in [3.05, 3.63) is 0 Å². The molecule has 1 aliphatic rings. The Morgan fingerprint density at radius 1 is 1.38 bits per heavy atom. The van der Waals surface area contributed by atoms with Crippen molar-refractivity contribution in [3.8, 4) is 0 Å². The number of nitrogens with zero attached hydrogens (tertiary/aromatic N) is 1. The predicted molar refractivity (Wildman–Crippen MR) is 65.3 cm³/mol. The zero-order valence-electron chi connectivity index (χ0n) is 10.9. The van der Waals surface area contributed by atoms with Crippen molar-refractivity contribution >= 4 is 5.97 Å². The molecule has 16 heavy (non-hydrogen) atoms. The lowest BCUT2D eigenvalue weighted by Gasteiger charge is -2.34. The molecule has 0 radical (unpaired) electrons. The van der Waals surface area contributed by atoms with E-state index in [1.54, 1.807) is 0 Å². The molecule has 0 saturated carbocycles. The molecule has 0 atom stereocenters. The van der Waals surface area contributed by atoms with Gasteiger partial charge in [-0.25, -0.2) is 0 Å². The predicted octanol–water partition coefficient (Wildman–Crippen LogP) is 2.45. The van der Waals surface area contributed by atoms with Gasteiger partial charge < -0.3 is 9.64 Å². The van der Waals surface area contributed by atoms with E-state index in [9.17, 15) is 4.79 Å². The summed E-state index contributed by atoms with van der Waals surface area (Å²) in [5, 5.41) is 0. The van der Waals surface area contributed by atoms with Gasteiger partial charge in [-0.1, -0.05) is 0 Å². The molecule has 0 aliphatic carbocycles.